The standard InChI is InChI=1S/C17H32N3O6/c1-12(21)25-14(8-16(18)23)11-20(6,7)17(24)9-15(26-13(2)22)10-19(3,4)5/h14-15H,8-11H2,1-7H3,(H-,18,23)/q+1/p+1. The number of primary amides is 1. The van der Waals surface area contributed by atoms with Gasteiger partial charge >= 0.3 is 17.8 Å². The number of rotatable bonds is 10. The minimum atomic E-state index is -0.797. The predicted molar refractivity (Wildman–Crippen MR) is 94.4 cm³/mol. The van der Waals surface area contributed by atoms with Gasteiger partial charge in [0, 0.05) is 13.8 Å². The van der Waals surface area contributed by atoms with E-state index in [0.29, 0.717) is 11.0 Å². The first kappa shape index (κ1) is 24.0. The van der Waals surface area contributed by atoms with Crippen molar-refractivity contribution in [1.82, 2.24) is 0 Å². The highest BCUT2D eigenvalue weighted by Crippen LogP contribution is 2.14. The number of nitrogens with two attached hydrogens (primary N) is 1. The van der Waals surface area contributed by atoms with Crippen molar-refractivity contribution >= 4 is 23.8 Å². The quantitative estimate of drug-likeness (QED) is 0.404. The molecule has 26 heavy (non-hydrogen) atoms. The molecule has 0 saturated carbocycles. The van der Waals surface area contributed by atoms with Crippen molar-refractivity contribution in [2.45, 2.75) is 38.9 Å². The minimum Gasteiger partial charge on any atom is -0.456 e. The summed E-state index contributed by atoms with van der Waals surface area (Å²) in [5, 5.41) is 0. The van der Waals surface area contributed by atoms with Crippen LogP contribution in [0.15, 0.2) is 0 Å². The number of esters is 2. The van der Waals surface area contributed by atoms with Gasteiger partial charge in [0.15, 0.2) is 12.2 Å². The molecule has 2 amide bonds. The molecule has 0 radical (unpaired) electrons. The minimum absolute atomic E-state index is 0.0193. The van der Waals surface area contributed by atoms with Crippen LogP contribution in [0, 0.1) is 0 Å². The second-order valence-corrected chi connectivity index (χ2v) is 8.07. The lowest BCUT2D eigenvalue weighted by molar-refractivity contribution is -0.873. The zero-order valence-electron chi connectivity index (χ0n) is 16.9. The van der Waals surface area contributed by atoms with Crippen molar-refractivity contribution in [3.8, 4) is 0 Å². The molecule has 0 heterocycles. The third-order valence-electron chi connectivity index (χ3n) is 3.58. The van der Waals surface area contributed by atoms with Gasteiger partial charge in [-0.25, -0.2) is 4.79 Å². The predicted octanol–water partition coefficient (Wildman–Crippen LogP) is -0.575. The molecule has 0 aromatic heterocycles. The SMILES string of the molecule is CC(=O)OC(CC(=O)[N+](C)(C)CC(CC(N)=O)OC(C)=O)C[N+](C)(C)C. The number of likely N-dealkylation sites (N-methyl/N-ethyl adjacent to an activating group) is 2. The second-order valence-electron chi connectivity index (χ2n) is 8.07. The summed E-state index contributed by atoms with van der Waals surface area (Å²) in [5.41, 5.74) is 5.19. The summed E-state index contributed by atoms with van der Waals surface area (Å²) in [6.07, 6.45) is -1.51. The fourth-order valence-electron chi connectivity index (χ4n) is 2.64. The lowest BCUT2D eigenvalue weighted by atomic mass is 10.1. The van der Waals surface area contributed by atoms with Crippen LogP contribution in [0.3, 0.4) is 0 Å². The molecule has 9 heteroatoms. The van der Waals surface area contributed by atoms with E-state index >= 15 is 0 Å². The molecule has 0 aromatic rings. The summed E-state index contributed by atoms with van der Waals surface area (Å²) >= 11 is 0. The van der Waals surface area contributed by atoms with Gasteiger partial charge < -0.3 is 19.7 Å². The molecule has 2 unspecified atom stereocenters. The zero-order valence-corrected chi connectivity index (χ0v) is 16.9. The summed E-state index contributed by atoms with van der Waals surface area (Å²) in [6.45, 7) is 3.10. The molecule has 150 valence electrons. The molecule has 0 fully saturated rings. The number of carbonyl (C=O) groups is 4. The zero-order chi connectivity index (χ0) is 20.7. The van der Waals surface area contributed by atoms with Gasteiger partial charge in [0.05, 0.1) is 41.7 Å². The van der Waals surface area contributed by atoms with Gasteiger partial charge in [-0.2, -0.15) is 0 Å². The smallest absolute Gasteiger partial charge is 0.317 e. The van der Waals surface area contributed by atoms with Crippen molar-refractivity contribution in [2.75, 3.05) is 48.3 Å². The van der Waals surface area contributed by atoms with Crippen LogP contribution in [0.1, 0.15) is 26.7 Å². The lowest BCUT2D eigenvalue weighted by Crippen LogP contribution is -2.53. The van der Waals surface area contributed by atoms with E-state index in [1.807, 2.05) is 21.1 Å². The van der Waals surface area contributed by atoms with Gasteiger partial charge in [-0.3, -0.25) is 18.9 Å². The molecule has 9 nitrogen and oxygen atoms in total. The summed E-state index contributed by atoms with van der Waals surface area (Å²) in [5.74, 6) is -1.82. The van der Waals surface area contributed by atoms with E-state index < -0.39 is 30.1 Å². The lowest BCUT2D eigenvalue weighted by Gasteiger charge is -2.33. The van der Waals surface area contributed by atoms with E-state index in [2.05, 4.69) is 0 Å². The number of carbonyl (C=O) groups excluding carboxylic acids is 4. The molecular weight excluding hydrogens is 342 g/mol. The summed E-state index contributed by atoms with van der Waals surface area (Å²) in [6, 6.07) is 0. The Kier molecular flexibility index (Phi) is 8.89. The number of amides is 2. The molecule has 2 atom stereocenters. The molecule has 0 aliphatic heterocycles. The van der Waals surface area contributed by atoms with Crippen LogP contribution in [0.5, 0.6) is 0 Å². The Balaban J connectivity index is 5.15. The highest BCUT2D eigenvalue weighted by Gasteiger charge is 2.36. The van der Waals surface area contributed by atoms with Crippen LogP contribution >= 0.6 is 0 Å². The monoisotopic (exact) mass is 375 g/mol. The van der Waals surface area contributed by atoms with Crippen molar-refractivity contribution in [3.05, 3.63) is 0 Å². The van der Waals surface area contributed by atoms with Crippen LogP contribution in [0.2, 0.25) is 0 Å². The van der Waals surface area contributed by atoms with E-state index in [1.54, 1.807) is 14.1 Å². The number of hydrogen-bond acceptors (Lipinski definition) is 6. The van der Waals surface area contributed by atoms with Crippen molar-refractivity contribution in [1.29, 1.82) is 0 Å². The summed E-state index contributed by atoms with van der Waals surface area (Å²) in [4.78, 5) is 46.5. The number of quaternary nitrogens is 2. The third-order valence-corrected chi connectivity index (χ3v) is 3.58. The average Bonchev–Trinajstić information content (AvgIpc) is 2.32. The van der Waals surface area contributed by atoms with Gasteiger partial charge in [0.25, 0.3) is 0 Å². The molecule has 0 saturated heterocycles. The van der Waals surface area contributed by atoms with E-state index in [4.69, 9.17) is 15.2 Å². The Morgan fingerprint density at radius 1 is 0.808 bits per heavy atom. The number of ether oxygens (including phenoxy) is 2. The number of hydrogen-bond donors (Lipinski definition) is 1. The van der Waals surface area contributed by atoms with Crippen LogP contribution in [-0.2, 0) is 28.7 Å². The van der Waals surface area contributed by atoms with E-state index in [-0.39, 0.29) is 29.8 Å². The first-order valence-corrected chi connectivity index (χ1v) is 8.42. The molecule has 0 aromatic carbocycles. The third kappa shape index (κ3) is 10.8. The molecule has 2 N–H and O–H groups in total. The Morgan fingerprint density at radius 2 is 1.23 bits per heavy atom. The fourth-order valence-corrected chi connectivity index (χ4v) is 2.64. The second kappa shape index (κ2) is 9.63. The molecule has 0 aliphatic carbocycles. The van der Waals surface area contributed by atoms with Crippen LogP contribution < -0.4 is 5.73 Å². The first-order valence-electron chi connectivity index (χ1n) is 8.42. The van der Waals surface area contributed by atoms with Crippen LogP contribution in [0.4, 0.5) is 0 Å². The van der Waals surface area contributed by atoms with Crippen LogP contribution in [0.25, 0.3) is 0 Å². The molecule has 0 spiro atoms. The Labute approximate surface area is 155 Å². The largest absolute Gasteiger partial charge is 0.456 e. The molecule has 0 aliphatic rings. The van der Waals surface area contributed by atoms with Crippen molar-refractivity contribution in [2.24, 2.45) is 5.73 Å². The van der Waals surface area contributed by atoms with Gasteiger partial charge in [-0.15, -0.1) is 0 Å². The highest BCUT2D eigenvalue weighted by atomic mass is 16.5. The van der Waals surface area contributed by atoms with Crippen LogP contribution in [-0.4, -0.2) is 93.3 Å². The topological polar surface area (TPSA) is 113 Å². The Hall–Kier alpha value is -2.00. The molecular formula is C17H33N3O6+2. The van der Waals surface area contributed by atoms with Crippen molar-refractivity contribution < 1.29 is 37.6 Å². The Bertz CT molecular complexity index is 523. The van der Waals surface area contributed by atoms with E-state index in [0.717, 1.165) is 0 Å². The number of nitrogens with zero attached hydrogens (tertiary/aromatic N) is 2. The maximum Gasteiger partial charge on any atom is 0.317 e. The molecule has 0 bridgehead atoms. The molecule has 0 rings (SSSR count). The maximum absolute atomic E-state index is 12.8. The normalized spacial score (nSPS) is 14.3. The van der Waals surface area contributed by atoms with Gasteiger partial charge in [0.1, 0.15) is 19.5 Å². The summed E-state index contributed by atoms with van der Waals surface area (Å²) in [7, 11) is 9.10. The van der Waals surface area contributed by atoms with Gasteiger partial charge in [-0.1, -0.05) is 0 Å². The fraction of sp³-hybridized carbons (Fsp3) is 0.765. The van der Waals surface area contributed by atoms with E-state index in [1.165, 1.54) is 13.8 Å². The average molecular weight is 375 g/mol. The van der Waals surface area contributed by atoms with E-state index in [9.17, 15) is 19.2 Å². The van der Waals surface area contributed by atoms with Gasteiger partial charge in [0.2, 0.25) is 5.91 Å². The highest BCUT2D eigenvalue weighted by molar-refractivity contribution is 5.75. The Morgan fingerprint density at radius 3 is 1.58 bits per heavy atom. The summed E-state index contributed by atoms with van der Waals surface area (Å²) < 4.78 is 10.8. The van der Waals surface area contributed by atoms with Crippen molar-refractivity contribution in [3.63, 3.8) is 0 Å². The first-order chi connectivity index (χ1) is 11.6. The maximum atomic E-state index is 12.8. The van der Waals surface area contributed by atoms with Gasteiger partial charge in [-0.05, 0) is 0 Å².